The summed E-state index contributed by atoms with van der Waals surface area (Å²) < 4.78 is 5.10. The molecule has 0 saturated carbocycles. The molecule has 1 aromatic rings. The molecule has 1 aromatic carbocycles. The van der Waals surface area contributed by atoms with E-state index in [4.69, 9.17) is 4.74 Å². The smallest absolute Gasteiger partial charge is 0.118 e. The summed E-state index contributed by atoms with van der Waals surface area (Å²) in [5.41, 5.74) is 1.29. The van der Waals surface area contributed by atoms with Crippen molar-refractivity contribution in [2.75, 3.05) is 34.3 Å². The monoisotopic (exact) mass is 244 g/mol. The van der Waals surface area contributed by atoms with E-state index in [1.165, 1.54) is 5.56 Å². The minimum atomic E-state index is 0. The molecule has 92 valence electrons. The first-order valence-electron chi connectivity index (χ1n) is 5.21. The van der Waals surface area contributed by atoms with Gasteiger partial charge in [-0.3, -0.25) is 0 Å². The van der Waals surface area contributed by atoms with Crippen molar-refractivity contribution in [3.8, 4) is 5.75 Å². The fraction of sp³-hybridized carbons (Fsp3) is 0.500. The molecule has 0 radical (unpaired) electrons. The maximum atomic E-state index is 5.10. The van der Waals surface area contributed by atoms with Crippen molar-refractivity contribution in [1.82, 2.24) is 10.2 Å². The molecule has 16 heavy (non-hydrogen) atoms. The van der Waals surface area contributed by atoms with E-state index >= 15 is 0 Å². The SMILES string of the molecule is COc1ccc(CNCCN(C)C)cc1.Cl. The second-order valence-corrected chi connectivity index (χ2v) is 3.83. The first-order valence-corrected chi connectivity index (χ1v) is 5.21. The lowest BCUT2D eigenvalue weighted by Crippen LogP contribution is -2.26. The molecule has 0 aliphatic heterocycles. The molecular weight excluding hydrogens is 224 g/mol. The Kier molecular flexibility index (Phi) is 7.99. The molecular formula is C12H21ClN2O. The molecule has 1 rings (SSSR count). The Balaban J connectivity index is 0.00000225. The summed E-state index contributed by atoms with van der Waals surface area (Å²) >= 11 is 0. The zero-order valence-corrected chi connectivity index (χ0v) is 11.0. The van der Waals surface area contributed by atoms with E-state index in [0.717, 1.165) is 25.4 Å². The Morgan fingerprint density at radius 1 is 1.19 bits per heavy atom. The summed E-state index contributed by atoms with van der Waals surface area (Å²) in [5.74, 6) is 0.909. The zero-order chi connectivity index (χ0) is 11.1. The summed E-state index contributed by atoms with van der Waals surface area (Å²) in [7, 11) is 5.84. The van der Waals surface area contributed by atoms with Crippen molar-refractivity contribution < 1.29 is 4.74 Å². The third-order valence-electron chi connectivity index (χ3n) is 2.22. The molecule has 3 nitrogen and oxygen atoms in total. The van der Waals surface area contributed by atoms with Crippen molar-refractivity contribution in [2.45, 2.75) is 6.54 Å². The quantitative estimate of drug-likeness (QED) is 0.772. The number of ether oxygens (including phenoxy) is 1. The summed E-state index contributed by atoms with van der Waals surface area (Å²) in [6, 6.07) is 8.15. The molecule has 1 N–H and O–H groups in total. The molecule has 0 spiro atoms. The van der Waals surface area contributed by atoms with E-state index in [0.29, 0.717) is 0 Å². The number of hydrogen-bond donors (Lipinski definition) is 1. The fourth-order valence-corrected chi connectivity index (χ4v) is 1.28. The molecule has 4 heteroatoms. The molecule has 0 aliphatic rings. The first-order chi connectivity index (χ1) is 7.22. The standard InChI is InChI=1S/C12H20N2O.ClH/c1-14(2)9-8-13-10-11-4-6-12(15-3)7-5-11;/h4-7,13H,8-10H2,1-3H3;1H. The van der Waals surface area contributed by atoms with Crippen LogP contribution in [0.25, 0.3) is 0 Å². The largest absolute Gasteiger partial charge is 0.497 e. The van der Waals surface area contributed by atoms with E-state index in [1.54, 1.807) is 7.11 Å². The topological polar surface area (TPSA) is 24.5 Å². The van der Waals surface area contributed by atoms with Crippen LogP contribution in [-0.2, 0) is 6.54 Å². The Bertz CT molecular complexity index is 275. The summed E-state index contributed by atoms with van der Waals surface area (Å²) in [4.78, 5) is 2.17. The highest BCUT2D eigenvalue weighted by atomic mass is 35.5. The lowest BCUT2D eigenvalue weighted by Gasteiger charge is -2.10. The number of nitrogens with zero attached hydrogens (tertiary/aromatic N) is 1. The van der Waals surface area contributed by atoms with Crippen LogP contribution in [0.15, 0.2) is 24.3 Å². The Morgan fingerprint density at radius 3 is 2.31 bits per heavy atom. The van der Waals surface area contributed by atoms with Gasteiger partial charge >= 0.3 is 0 Å². The molecule has 0 heterocycles. The van der Waals surface area contributed by atoms with Crippen molar-refractivity contribution in [2.24, 2.45) is 0 Å². The van der Waals surface area contributed by atoms with Gasteiger partial charge in [-0.25, -0.2) is 0 Å². The predicted octanol–water partition coefficient (Wildman–Crippen LogP) is 1.77. The van der Waals surface area contributed by atoms with E-state index < -0.39 is 0 Å². The highest BCUT2D eigenvalue weighted by molar-refractivity contribution is 5.85. The van der Waals surface area contributed by atoms with Gasteiger partial charge in [-0.15, -0.1) is 12.4 Å². The van der Waals surface area contributed by atoms with E-state index in [9.17, 15) is 0 Å². The van der Waals surface area contributed by atoms with Crippen molar-refractivity contribution >= 4 is 12.4 Å². The van der Waals surface area contributed by atoms with Crippen LogP contribution in [0, 0.1) is 0 Å². The van der Waals surface area contributed by atoms with Crippen LogP contribution in [0.3, 0.4) is 0 Å². The maximum Gasteiger partial charge on any atom is 0.118 e. The van der Waals surface area contributed by atoms with E-state index in [1.807, 2.05) is 12.1 Å². The summed E-state index contributed by atoms with van der Waals surface area (Å²) in [5, 5.41) is 3.39. The summed E-state index contributed by atoms with van der Waals surface area (Å²) in [6.07, 6.45) is 0. The molecule has 0 aromatic heterocycles. The molecule has 0 saturated heterocycles. The lowest BCUT2D eigenvalue weighted by atomic mass is 10.2. The van der Waals surface area contributed by atoms with Crippen LogP contribution in [0.4, 0.5) is 0 Å². The fourth-order valence-electron chi connectivity index (χ4n) is 1.28. The highest BCUT2D eigenvalue weighted by Gasteiger charge is 1.94. The van der Waals surface area contributed by atoms with Crippen LogP contribution in [0.1, 0.15) is 5.56 Å². The van der Waals surface area contributed by atoms with Crippen molar-refractivity contribution in [3.63, 3.8) is 0 Å². The zero-order valence-electron chi connectivity index (χ0n) is 10.2. The van der Waals surface area contributed by atoms with Gasteiger partial charge in [-0.2, -0.15) is 0 Å². The van der Waals surface area contributed by atoms with Crippen LogP contribution in [0.5, 0.6) is 5.75 Å². The number of likely N-dealkylation sites (N-methyl/N-ethyl adjacent to an activating group) is 1. The molecule has 0 aliphatic carbocycles. The van der Waals surface area contributed by atoms with Crippen molar-refractivity contribution in [1.29, 1.82) is 0 Å². The Hall–Kier alpha value is -0.770. The molecule has 0 amide bonds. The van der Waals surface area contributed by atoms with Gasteiger partial charge in [0.15, 0.2) is 0 Å². The maximum absolute atomic E-state index is 5.10. The minimum absolute atomic E-state index is 0. The van der Waals surface area contributed by atoms with Gasteiger partial charge in [0, 0.05) is 19.6 Å². The first kappa shape index (κ1) is 15.2. The predicted molar refractivity (Wildman–Crippen MR) is 70.5 cm³/mol. The Labute approximate surface area is 104 Å². The molecule has 0 fully saturated rings. The average Bonchev–Trinajstić information content (AvgIpc) is 2.25. The number of hydrogen-bond acceptors (Lipinski definition) is 3. The van der Waals surface area contributed by atoms with Crippen LogP contribution in [0.2, 0.25) is 0 Å². The second-order valence-electron chi connectivity index (χ2n) is 3.83. The number of halogens is 1. The van der Waals surface area contributed by atoms with Crippen LogP contribution in [-0.4, -0.2) is 39.2 Å². The van der Waals surface area contributed by atoms with Gasteiger partial charge in [0.25, 0.3) is 0 Å². The van der Waals surface area contributed by atoms with E-state index in [-0.39, 0.29) is 12.4 Å². The third-order valence-corrected chi connectivity index (χ3v) is 2.22. The third kappa shape index (κ3) is 5.95. The van der Waals surface area contributed by atoms with Crippen LogP contribution >= 0.6 is 12.4 Å². The van der Waals surface area contributed by atoms with Gasteiger partial charge in [0.1, 0.15) is 5.75 Å². The molecule has 0 bridgehead atoms. The van der Waals surface area contributed by atoms with Gasteiger partial charge < -0.3 is 15.0 Å². The number of rotatable bonds is 6. The number of nitrogens with one attached hydrogen (secondary N) is 1. The average molecular weight is 245 g/mol. The van der Waals surface area contributed by atoms with Gasteiger partial charge in [-0.05, 0) is 31.8 Å². The number of benzene rings is 1. The van der Waals surface area contributed by atoms with Crippen LogP contribution < -0.4 is 10.1 Å². The normalized spacial score (nSPS) is 10.0. The highest BCUT2D eigenvalue weighted by Crippen LogP contribution is 2.10. The van der Waals surface area contributed by atoms with Gasteiger partial charge in [0.05, 0.1) is 7.11 Å². The molecule has 0 unspecified atom stereocenters. The lowest BCUT2D eigenvalue weighted by molar-refractivity contribution is 0.399. The minimum Gasteiger partial charge on any atom is -0.497 e. The second kappa shape index (κ2) is 8.39. The van der Waals surface area contributed by atoms with Crippen molar-refractivity contribution in [3.05, 3.63) is 29.8 Å². The number of methoxy groups -OCH3 is 1. The van der Waals surface area contributed by atoms with E-state index in [2.05, 4.69) is 36.4 Å². The molecule has 0 atom stereocenters. The van der Waals surface area contributed by atoms with Gasteiger partial charge in [-0.1, -0.05) is 12.1 Å². The summed E-state index contributed by atoms with van der Waals surface area (Å²) in [6.45, 7) is 2.99. The van der Waals surface area contributed by atoms with Gasteiger partial charge in [0.2, 0.25) is 0 Å². The Morgan fingerprint density at radius 2 is 1.81 bits per heavy atom.